The molecule has 5 rings (SSSR count). The van der Waals surface area contributed by atoms with Gasteiger partial charge in [-0.1, -0.05) is 30.3 Å². The summed E-state index contributed by atoms with van der Waals surface area (Å²) < 4.78 is 75.0. The molecule has 1 aliphatic rings. The molecule has 2 heterocycles. The third-order valence-corrected chi connectivity index (χ3v) is 8.55. The maximum Gasteiger partial charge on any atom is 0.424 e. The minimum Gasteiger partial charge on any atom is -0.493 e. The number of benzene rings is 3. The average Bonchev–Trinajstić information content (AvgIpc) is 3.12. The van der Waals surface area contributed by atoms with Crippen LogP contribution in [-0.2, 0) is 22.5 Å². The Labute approximate surface area is 296 Å². The molecule has 1 aliphatic heterocycles. The Kier molecular flexibility index (Phi) is 11.2. The fraction of sp³-hybridized carbons (Fsp3) is 0.324. The van der Waals surface area contributed by atoms with Crippen LogP contribution in [0.25, 0.3) is 11.3 Å². The van der Waals surface area contributed by atoms with Gasteiger partial charge in [0.1, 0.15) is 19.0 Å². The van der Waals surface area contributed by atoms with Crippen molar-refractivity contribution in [1.82, 2.24) is 15.6 Å². The van der Waals surface area contributed by atoms with Crippen molar-refractivity contribution in [3.05, 3.63) is 107 Å². The van der Waals surface area contributed by atoms with Gasteiger partial charge in [0.15, 0.2) is 11.5 Å². The summed E-state index contributed by atoms with van der Waals surface area (Å²) >= 11 is 0. The number of carbonyl (C=O) groups excluding carboxylic acids is 2. The van der Waals surface area contributed by atoms with Crippen LogP contribution >= 0.6 is 0 Å². The number of aliphatic hydroxyl groups is 2. The molecule has 5 N–H and O–H groups in total. The summed E-state index contributed by atoms with van der Waals surface area (Å²) in [4.78, 5) is 30.5. The summed E-state index contributed by atoms with van der Waals surface area (Å²) in [7, 11) is 1.30. The highest BCUT2D eigenvalue weighted by Crippen LogP contribution is 2.45. The van der Waals surface area contributed by atoms with Crippen LogP contribution in [0.4, 0.5) is 28.0 Å². The Bertz CT molecular complexity index is 1890. The number of rotatable bonds is 12. The van der Waals surface area contributed by atoms with E-state index >= 15 is 0 Å². The summed E-state index contributed by atoms with van der Waals surface area (Å²) in [6.07, 6.45) is -6.81. The third-order valence-electron chi connectivity index (χ3n) is 8.55. The molecule has 1 unspecified atom stereocenters. The van der Waals surface area contributed by atoms with E-state index in [0.29, 0.717) is 0 Å². The van der Waals surface area contributed by atoms with Crippen molar-refractivity contribution in [1.29, 1.82) is 0 Å². The zero-order valence-electron chi connectivity index (χ0n) is 28.5. The van der Waals surface area contributed by atoms with Gasteiger partial charge in [0.2, 0.25) is 5.60 Å². The van der Waals surface area contributed by atoms with Crippen molar-refractivity contribution in [2.24, 2.45) is 0 Å². The quantitative estimate of drug-likeness (QED) is 0.114. The highest BCUT2D eigenvalue weighted by Gasteiger charge is 2.57. The minimum absolute atomic E-state index is 0.0515. The van der Waals surface area contributed by atoms with Gasteiger partial charge in [0.25, 0.3) is 5.91 Å². The molecule has 3 aromatic carbocycles. The van der Waals surface area contributed by atoms with E-state index in [1.54, 1.807) is 37.3 Å². The Hall–Kier alpha value is -5.41. The Morgan fingerprint density at radius 2 is 1.75 bits per heavy atom. The Balaban J connectivity index is 1.51. The van der Waals surface area contributed by atoms with E-state index < -0.39 is 53.5 Å². The van der Waals surface area contributed by atoms with Crippen molar-refractivity contribution in [3.8, 4) is 22.8 Å². The van der Waals surface area contributed by atoms with Crippen molar-refractivity contribution in [2.45, 2.75) is 50.3 Å². The molecule has 2 amide bonds. The molecule has 0 bridgehead atoms. The first-order valence-corrected chi connectivity index (χ1v) is 16.2. The second-order valence-electron chi connectivity index (χ2n) is 12.5. The molecule has 4 aromatic rings. The molecular weight excluding hydrogens is 688 g/mol. The number of methoxy groups -OCH3 is 1. The summed E-state index contributed by atoms with van der Waals surface area (Å²) in [5.41, 5.74) is -4.77. The molecular formula is C37H38F4N4O7. The average molecular weight is 727 g/mol. The third kappa shape index (κ3) is 8.37. The molecule has 11 nitrogen and oxygen atoms in total. The van der Waals surface area contributed by atoms with Gasteiger partial charge in [-0.05, 0) is 74.4 Å². The van der Waals surface area contributed by atoms with Crippen LogP contribution in [-0.4, -0.2) is 66.3 Å². The molecule has 1 aromatic heterocycles. The molecule has 0 radical (unpaired) electrons. The van der Waals surface area contributed by atoms with Crippen LogP contribution in [0.3, 0.4) is 0 Å². The van der Waals surface area contributed by atoms with Crippen LogP contribution in [0.1, 0.15) is 47.4 Å². The van der Waals surface area contributed by atoms with E-state index in [2.05, 4.69) is 20.9 Å². The number of aliphatic hydroxyl groups excluding tert-OH is 1. The van der Waals surface area contributed by atoms with Crippen LogP contribution in [0, 0.1) is 5.82 Å². The number of pyridine rings is 1. The van der Waals surface area contributed by atoms with E-state index in [1.165, 1.54) is 44.4 Å². The van der Waals surface area contributed by atoms with Gasteiger partial charge in [-0.2, -0.15) is 13.2 Å². The second-order valence-corrected chi connectivity index (χ2v) is 12.5. The molecule has 276 valence electrons. The Morgan fingerprint density at radius 1 is 1.04 bits per heavy atom. The molecule has 0 spiro atoms. The van der Waals surface area contributed by atoms with E-state index in [1.807, 2.05) is 0 Å². The summed E-state index contributed by atoms with van der Waals surface area (Å²) in [5.74, 6) is -1.30. The van der Waals surface area contributed by atoms with E-state index in [4.69, 9.17) is 14.2 Å². The number of aromatic nitrogens is 1. The number of fused-ring (bicyclic) bond motifs is 1. The number of anilines is 1. The van der Waals surface area contributed by atoms with Crippen LogP contribution in [0.2, 0.25) is 0 Å². The predicted molar refractivity (Wildman–Crippen MR) is 182 cm³/mol. The molecule has 52 heavy (non-hydrogen) atoms. The number of nitrogens with zero attached hydrogens (tertiary/aromatic N) is 1. The molecule has 3 atom stereocenters. The number of carbonyl (C=O) groups is 2. The zero-order valence-corrected chi connectivity index (χ0v) is 28.5. The standard InChI is InChI=1S/C37H38F4N4O7/c1-22(46)19-51-28-14-11-25(17-29(28)50-3)33(47)43-21-36(49,37(39,40)41)30-18-27-32(31(44-30)24-9-12-26(38)13-10-24)42-16-15-35(27,2)45-34(48)52-20-23-7-5-4-6-8-23/h4-14,17-18,22,42,46,49H,15-16,19-21H2,1-3H3,(H,43,47)(H,45,48)/t22-,35+,36?/m1/s1. The van der Waals surface area contributed by atoms with Crippen LogP contribution in [0.5, 0.6) is 11.5 Å². The first kappa shape index (κ1) is 37.8. The zero-order chi connectivity index (χ0) is 37.7. The maximum atomic E-state index is 15.0. The summed E-state index contributed by atoms with van der Waals surface area (Å²) in [5, 5.41) is 29.1. The largest absolute Gasteiger partial charge is 0.493 e. The lowest BCUT2D eigenvalue weighted by Gasteiger charge is -2.39. The number of amides is 2. The van der Waals surface area contributed by atoms with Gasteiger partial charge < -0.3 is 40.4 Å². The van der Waals surface area contributed by atoms with Gasteiger partial charge >= 0.3 is 12.3 Å². The lowest BCUT2D eigenvalue weighted by Crippen LogP contribution is -2.52. The first-order valence-electron chi connectivity index (χ1n) is 16.2. The number of alkyl carbamates (subject to hydrolysis) is 1. The number of alkyl halides is 3. The maximum absolute atomic E-state index is 15.0. The van der Waals surface area contributed by atoms with E-state index in [9.17, 15) is 37.4 Å². The lowest BCUT2D eigenvalue weighted by atomic mass is 9.81. The topological polar surface area (TPSA) is 151 Å². The van der Waals surface area contributed by atoms with Gasteiger partial charge in [0.05, 0.1) is 42.4 Å². The smallest absolute Gasteiger partial charge is 0.424 e. The first-order chi connectivity index (χ1) is 24.6. The van der Waals surface area contributed by atoms with Gasteiger partial charge in [-0.3, -0.25) is 4.79 Å². The number of ether oxygens (including phenoxy) is 3. The fourth-order valence-corrected chi connectivity index (χ4v) is 5.66. The second kappa shape index (κ2) is 15.5. The molecule has 0 aliphatic carbocycles. The molecule has 0 saturated carbocycles. The van der Waals surface area contributed by atoms with Crippen molar-refractivity contribution >= 4 is 17.7 Å². The predicted octanol–water partition coefficient (Wildman–Crippen LogP) is 5.79. The summed E-state index contributed by atoms with van der Waals surface area (Å²) in [6, 6.07) is 18.7. The van der Waals surface area contributed by atoms with Crippen LogP contribution < -0.4 is 25.4 Å². The molecule has 15 heteroatoms. The van der Waals surface area contributed by atoms with E-state index in [0.717, 1.165) is 23.8 Å². The molecule has 0 fully saturated rings. The van der Waals surface area contributed by atoms with Gasteiger partial charge in [-0.15, -0.1) is 0 Å². The van der Waals surface area contributed by atoms with Crippen molar-refractivity contribution in [2.75, 3.05) is 32.1 Å². The fourth-order valence-electron chi connectivity index (χ4n) is 5.66. The number of halogens is 4. The van der Waals surface area contributed by atoms with E-state index in [-0.39, 0.29) is 65.8 Å². The minimum atomic E-state index is -5.38. The normalized spacial score (nSPS) is 17.1. The monoisotopic (exact) mass is 726 g/mol. The SMILES string of the molecule is COc1cc(C(=O)NCC(O)(c2cc3c(c(-c4ccc(F)cc4)n2)NCC[C@]3(C)NC(=O)OCc2ccccc2)C(F)(F)F)ccc1OC[C@@H](C)O. The molecule has 0 saturated heterocycles. The van der Waals surface area contributed by atoms with Crippen molar-refractivity contribution < 1.29 is 51.6 Å². The van der Waals surface area contributed by atoms with Crippen molar-refractivity contribution in [3.63, 3.8) is 0 Å². The summed E-state index contributed by atoms with van der Waals surface area (Å²) in [6.45, 7) is 1.88. The van der Waals surface area contributed by atoms with Crippen LogP contribution in [0.15, 0.2) is 78.9 Å². The number of nitrogens with one attached hydrogen (secondary N) is 3. The lowest BCUT2D eigenvalue weighted by molar-refractivity contribution is -0.265. The highest BCUT2D eigenvalue weighted by atomic mass is 19.4. The van der Waals surface area contributed by atoms with Gasteiger partial charge in [-0.25, -0.2) is 14.2 Å². The number of hydrogen-bond acceptors (Lipinski definition) is 9. The highest BCUT2D eigenvalue weighted by molar-refractivity contribution is 5.95. The van der Waals surface area contributed by atoms with Gasteiger partial charge in [0, 0.05) is 23.2 Å². The Morgan fingerprint density at radius 3 is 2.40 bits per heavy atom. The number of hydrogen-bond donors (Lipinski definition) is 5.